The van der Waals surface area contributed by atoms with E-state index in [4.69, 9.17) is 10.2 Å². The molecule has 0 unspecified atom stereocenters. The average Bonchev–Trinajstić information content (AvgIpc) is 3.77. The van der Waals surface area contributed by atoms with Gasteiger partial charge in [-0.1, -0.05) is 0 Å². The van der Waals surface area contributed by atoms with E-state index in [1.165, 1.54) is 11.8 Å². The zero-order chi connectivity index (χ0) is 36.1. The van der Waals surface area contributed by atoms with E-state index in [0.717, 1.165) is 99.3 Å². The van der Waals surface area contributed by atoms with Crippen molar-refractivity contribution in [2.24, 2.45) is 18.9 Å². The molecule has 8 rings (SSSR count). The number of rotatable bonds is 7. The maximum atomic E-state index is 14.6. The van der Waals surface area contributed by atoms with E-state index in [1.807, 2.05) is 11.0 Å². The first-order valence-corrected chi connectivity index (χ1v) is 18.5. The van der Waals surface area contributed by atoms with E-state index in [-0.39, 0.29) is 23.2 Å². The molecule has 52 heavy (non-hydrogen) atoms. The number of alkyl halides is 2. The molecule has 1 N–H and O–H groups in total. The van der Waals surface area contributed by atoms with Gasteiger partial charge in [0.2, 0.25) is 5.91 Å². The Balaban J connectivity index is 1.02. The predicted octanol–water partition coefficient (Wildman–Crippen LogP) is 6.35. The third kappa shape index (κ3) is 6.40. The van der Waals surface area contributed by atoms with Crippen LogP contribution in [-0.4, -0.2) is 77.8 Å². The molecule has 0 bridgehead atoms. The van der Waals surface area contributed by atoms with Crippen LogP contribution in [0.2, 0.25) is 0 Å². The normalized spacial score (nSPS) is 21.0. The van der Waals surface area contributed by atoms with E-state index in [0.29, 0.717) is 42.6 Å². The molecule has 0 atom stereocenters. The number of aromatic carboxylic acids is 1. The van der Waals surface area contributed by atoms with Crippen molar-refractivity contribution < 1.29 is 23.5 Å². The van der Waals surface area contributed by atoms with Crippen LogP contribution in [0.4, 0.5) is 26.1 Å². The Morgan fingerprint density at radius 1 is 0.942 bits per heavy atom. The number of carbonyl (C=O) groups is 2. The standard InChI is InChI=1S/C38H45F2N9O3/c1-23(50)47-17-13-33-31(22-47)37(48-14-3-4-26-18-29(27-20-41-45(2)21-27)30(36(39)40)19-34(26)48)44-49(33)28-7-5-24(6-8-28)25-11-15-46(16-12-25)35-10-9-32(38(51)52)42-43-35/h9-10,18-21,24-25,28,36H,3-8,11-17,22H2,1-2H3,(H,51,52). The monoisotopic (exact) mass is 713 g/mol. The Kier molecular flexibility index (Phi) is 9.16. The van der Waals surface area contributed by atoms with E-state index >= 15 is 0 Å². The van der Waals surface area contributed by atoms with E-state index in [2.05, 4.69) is 29.8 Å². The quantitative estimate of drug-likeness (QED) is 0.233. The van der Waals surface area contributed by atoms with Gasteiger partial charge in [-0.3, -0.25) is 14.2 Å². The fourth-order valence-electron chi connectivity index (χ4n) is 9.10. The van der Waals surface area contributed by atoms with Gasteiger partial charge in [0.1, 0.15) is 0 Å². The topological polar surface area (TPSA) is 126 Å². The van der Waals surface area contributed by atoms with Crippen LogP contribution in [0.5, 0.6) is 0 Å². The number of piperidine rings is 1. The maximum Gasteiger partial charge on any atom is 0.356 e. The second-order valence-corrected chi connectivity index (χ2v) is 14.9. The largest absolute Gasteiger partial charge is 0.476 e. The van der Waals surface area contributed by atoms with Gasteiger partial charge in [0.05, 0.1) is 18.8 Å². The molecular weight excluding hydrogens is 668 g/mol. The summed E-state index contributed by atoms with van der Waals surface area (Å²) in [4.78, 5) is 30.0. The predicted molar refractivity (Wildman–Crippen MR) is 191 cm³/mol. The molecule has 1 saturated heterocycles. The highest BCUT2D eigenvalue weighted by Gasteiger charge is 2.36. The van der Waals surface area contributed by atoms with Crippen molar-refractivity contribution in [2.75, 3.05) is 36.0 Å². The Morgan fingerprint density at radius 2 is 1.71 bits per heavy atom. The number of aryl methyl sites for hydroxylation is 2. The minimum atomic E-state index is -2.65. The summed E-state index contributed by atoms with van der Waals surface area (Å²) in [6, 6.07) is 7.09. The van der Waals surface area contributed by atoms with E-state index in [9.17, 15) is 18.4 Å². The summed E-state index contributed by atoms with van der Waals surface area (Å²) in [6.45, 7) is 5.15. The first-order valence-electron chi connectivity index (χ1n) is 18.5. The summed E-state index contributed by atoms with van der Waals surface area (Å²) in [7, 11) is 1.79. The summed E-state index contributed by atoms with van der Waals surface area (Å²) in [5.41, 5.74) is 5.16. The number of nitrogens with zero attached hydrogens (tertiary/aromatic N) is 9. The zero-order valence-electron chi connectivity index (χ0n) is 29.7. The number of carbonyl (C=O) groups excluding carboxylic acids is 1. The first kappa shape index (κ1) is 34.2. The van der Waals surface area contributed by atoms with Crippen molar-refractivity contribution in [2.45, 2.75) is 83.7 Å². The maximum absolute atomic E-state index is 14.6. The van der Waals surface area contributed by atoms with Crippen LogP contribution >= 0.6 is 0 Å². The van der Waals surface area contributed by atoms with E-state index in [1.54, 1.807) is 43.2 Å². The van der Waals surface area contributed by atoms with Gasteiger partial charge < -0.3 is 19.8 Å². The van der Waals surface area contributed by atoms with Crippen molar-refractivity contribution in [1.29, 1.82) is 0 Å². The minimum Gasteiger partial charge on any atom is -0.476 e. The van der Waals surface area contributed by atoms with Gasteiger partial charge in [0, 0.05) is 80.8 Å². The third-order valence-electron chi connectivity index (χ3n) is 11.9. The van der Waals surface area contributed by atoms with Crippen LogP contribution in [-0.2, 0) is 31.2 Å². The summed E-state index contributed by atoms with van der Waals surface area (Å²) >= 11 is 0. The number of hydrogen-bond acceptors (Lipinski definition) is 8. The van der Waals surface area contributed by atoms with Gasteiger partial charge in [0.25, 0.3) is 6.43 Å². The van der Waals surface area contributed by atoms with Crippen LogP contribution in [0.1, 0.15) is 97.2 Å². The number of benzene rings is 1. The van der Waals surface area contributed by atoms with E-state index < -0.39 is 12.4 Å². The number of amides is 1. The van der Waals surface area contributed by atoms with Gasteiger partial charge in [-0.2, -0.15) is 10.2 Å². The number of anilines is 3. The van der Waals surface area contributed by atoms with Crippen molar-refractivity contribution in [1.82, 2.24) is 34.7 Å². The third-order valence-corrected chi connectivity index (χ3v) is 11.9. The molecule has 4 aromatic rings. The van der Waals surface area contributed by atoms with Crippen LogP contribution < -0.4 is 9.80 Å². The highest BCUT2D eigenvalue weighted by Crippen LogP contribution is 2.45. The number of carboxylic acids is 1. The minimum absolute atomic E-state index is 0.00881. The molecule has 1 aliphatic carbocycles. The lowest BCUT2D eigenvalue weighted by Gasteiger charge is -2.39. The molecular formula is C38H45F2N9O3. The highest BCUT2D eigenvalue weighted by atomic mass is 19.3. The number of aromatic nitrogens is 6. The number of fused-ring (bicyclic) bond motifs is 2. The lowest BCUT2D eigenvalue weighted by molar-refractivity contribution is -0.129. The Labute approximate surface area is 301 Å². The van der Waals surface area contributed by atoms with Crippen molar-refractivity contribution in [3.05, 3.63) is 64.7 Å². The second kappa shape index (κ2) is 13.9. The fourth-order valence-corrected chi connectivity index (χ4v) is 9.10. The number of hydrogen-bond donors (Lipinski definition) is 1. The zero-order valence-corrected chi connectivity index (χ0v) is 29.7. The van der Waals surface area contributed by atoms with Gasteiger partial charge in [-0.05, 0) is 98.6 Å². The van der Waals surface area contributed by atoms with Crippen molar-refractivity contribution >= 4 is 29.2 Å². The Morgan fingerprint density at radius 3 is 2.37 bits per heavy atom. The number of halogens is 2. The van der Waals surface area contributed by atoms with Crippen molar-refractivity contribution in [3.8, 4) is 11.1 Å². The molecule has 274 valence electrons. The molecule has 1 amide bonds. The molecule has 3 aliphatic heterocycles. The fraction of sp³-hybridized carbons (Fsp3) is 0.526. The molecule has 4 aliphatic rings. The van der Waals surface area contributed by atoms with Gasteiger partial charge in [-0.15, -0.1) is 10.2 Å². The van der Waals surface area contributed by atoms with Crippen molar-refractivity contribution in [3.63, 3.8) is 0 Å². The Bertz CT molecular complexity index is 1960. The highest BCUT2D eigenvalue weighted by molar-refractivity contribution is 5.85. The molecule has 2 fully saturated rings. The van der Waals surface area contributed by atoms with Crippen LogP contribution in [0.25, 0.3) is 11.1 Å². The lowest BCUT2D eigenvalue weighted by Crippen LogP contribution is -2.38. The molecule has 1 aromatic carbocycles. The summed E-state index contributed by atoms with van der Waals surface area (Å²) in [5, 5.41) is 26.7. The molecule has 1 saturated carbocycles. The Hall–Kier alpha value is -4.88. The first-order chi connectivity index (χ1) is 25.1. The van der Waals surface area contributed by atoms with Gasteiger partial charge >= 0.3 is 5.97 Å². The van der Waals surface area contributed by atoms with Crippen LogP contribution in [0.15, 0.2) is 36.7 Å². The molecule has 0 spiro atoms. The molecule has 6 heterocycles. The van der Waals surface area contributed by atoms with Crippen LogP contribution in [0.3, 0.4) is 0 Å². The second-order valence-electron chi connectivity index (χ2n) is 14.9. The molecule has 3 aromatic heterocycles. The summed E-state index contributed by atoms with van der Waals surface area (Å²) in [5.74, 6) is 1.74. The SMILES string of the molecule is CC(=O)N1CCc2c(c(N3CCCc4cc(-c5cnn(C)c5)c(C(F)F)cc43)nn2C2CCC(C3CCN(c4ccc(C(=O)O)nn4)CC3)CC2)C1. The molecule has 12 nitrogen and oxygen atoms in total. The van der Waals surface area contributed by atoms with Crippen LogP contribution in [0, 0.1) is 11.8 Å². The average molecular weight is 714 g/mol. The van der Waals surface area contributed by atoms with Gasteiger partial charge in [0.15, 0.2) is 17.3 Å². The summed E-state index contributed by atoms with van der Waals surface area (Å²) in [6.07, 6.45) is 9.57. The molecule has 14 heteroatoms. The lowest BCUT2D eigenvalue weighted by atomic mass is 9.74. The van der Waals surface area contributed by atoms with Gasteiger partial charge in [-0.25, -0.2) is 13.6 Å². The smallest absolute Gasteiger partial charge is 0.356 e. The summed E-state index contributed by atoms with van der Waals surface area (Å²) < 4.78 is 33.2. The molecule has 0 radical (unpaired) electrons. The number of carboxylic acid groups (broad SMARTS) is 1.